The van der Waals surface area contributed by atoms with Gasteiger partial charge in [0.05, 0.1) is 0 Å². The highest BCUT2D eigenvalue weighted by Gasteiger charge is 2.05. The Labute approximate surface area is 90.7 Å². The van der Waals surface area contributed by atoms with Crippen molar-refractivity contribution in [2.75, 3.05) is 11.9 Å². The fourth-order valence-electron chi connectivity index (χ4n) is 1.43. The molecule has 3 heteroatoms. The van der Waals surface area contributed by atoms with E-state index < -0.39 is 0 Å². The van der Waals surface area contributed by atoms with Gasteiger partial charge in [-0.2, -0.15) is 0 Å². The van der Waals surface area contributed by atoms with E-state index in [1.165, 1.54) is 6.07 Å². The third kappa shape index (κ3) is 3.51. The summed E-state index contributed by atoms with van der Waals surface area (Å²) < 4.78 is 13.0. The van der Waals surface area contributed by atoms with Crippen LogP contribution in [0, 0.1) is 5.82 Å². The normalized spacial score (nSPS) is 12.5. The summed E-state index contributed by atoms with van der Waals surface area (Å²) in [7, 11) is 0. The molecule has 0 aliphatic carbocycles. The summed E-state index contributed by atoms with van der Waals surface area (Å²) in [5, 5.41) is 3.35. The number of nitrogens with one attached hydrogen (secondary N) is 1. The van der Waals surface area contributed by atoms with Crippen LogP contribution in [0.4, 0.5) is 10.1 Å². The van der Waals surface area contributed by atoms with Crippen LogP contribution in [0.1, 0.15) is 25.8 Å². The van der Waals surface area contributed by atoms with E-state index in [1.807, 2.05) is 0 Å². The third-order valence-corrected chi connectivity index (χ3v) is 2.50. The van der Waals surface area contributed by atoms with E-state index in [2.05, 4.69) is 19.2 Å². The summed E-state index contributed by atoms with van der Waals surface area (Å²) >= 11 is 0. The van der Waals surface area contributed by atoms with Crippen LogP contribution in [-0.2, 0) is 6.42 Å². The lowest BCUT2D eigenvalue weighted by molar-refractivity contribution is 0.625. The number of hydrogen-bond acceptors (Lipinski definition) is 2. The Hall–Kier alpha value is -1.09. The fraction of sp³-hybridized carbons (Fsp3) is 0.500. The van der Waals surface area contributed by atoms with Crippen molar-refractivity contribution in [1.29, 1.82) is 0 Å². The van der Waals surface area contributed by atoms with Crippen LogP contribution in [0.2, 0.25) is 0 Å². The van der Waals surface area contributed by atoms with E-state index in [-0.39, 0.29) is 5.82 Å². The first-order chi connectivity index (χ1) is 7.17. The molecule has 1 aromatic carbocycles. The van der Waals surface area contributed by atoms with Crippen LogP contribution >= 0.6 is 0 Å². The molecule has 1 atom stereocenters. The Morgan fingerprint density at radius 1 is 1.47 bits per heavy atom. The van der Waals surface area contributed by atoms with E-state index in [0.29, 0.717) is 19.0 Å². The molecule has 1 unspecified atom stereocenters. The Kier molecular flexibility index (Phi) is 4.56. The minimum atomic E-state index is -0.201. The Bertz CT molecular complexity index is 312. The van der Waals surface area contributed by atoms with Crippen LogP contribution < -0.4 is 11.1 Å². The lowest BCUT2D eigenvalue weighted by Crippen LogP contribution is -2.16. The molecule has 0 radical (unpaired) electrons. The minimum absolute atomic E-state index is 0.201. The van der Waals surface area contributed by atoms with Gasteiger partial charge in [-0.25, -0.2) is 4.39 Å². The molecular formula is C12H19FN2. The van der Waals surface area contributed by atoms with Crippen molar-refractivity contribution in [3.63, 3.8) is 0 Å². The van der Waals surface area contributed by atoms with Crippen molar-refractivity contribution in [2.24, 2.45) is 5.73 Å². The summed E-state index contributed by atoms with van der Waals surface area (Å²) in [5.74, 6) is -0.201. The number of halogens is 1. The highest BCUT2D eigenvalue weighted by atomic mass is 19.1. The van der Waals surface area contributed by atoms with Gasteiger partial charge in [-0.3, -0.25) is 0 Å². The van der Waals surface area contributed by atoms with Crippen LogP contribution in [-0.4, -0.2) is 12.6 Å². The van der Waals surface area contributed by atoms with Gasteiger partial charge in [0.2, 0.25) is 0 Å². The summed E-state index contributed by atoms with van der Waals surface area (Å²) in [5.41, 5.74) is 7.45. The van der Waals surface area contributed by atoms with Gasteiger partial charge in [0, 0.05) is 11.7 Å². The zero-order valence-corrected chi connectivity index (χ0v) is 9.39. The first-order valence-corrected chi connectivity index (χ1v) is 5.42. The van der Waals surface area contributed by atoms with Crippen molar-refractivity contribution < 1.29 is 4.39 Å². The van der Waals surface area contributed by atoms with Crippen molar-refractivity contribution in [3.05, 3.63) is 29.6 Å². The number of rotatable bonds is 5. The van der Waals surface area contributed by atoms with Crippen LogP contribution in [0.3, 0.4) is 0 Å². The molecule has 0 aromatic heterocycles. The summed E-state index contributed by atoms with van der Waals surface area (Å²) in [6.45, 7) is 4.76. The zero-order chi connectivity index (χ0) is 11.3. The number of nitrogens with two attached hydrogens (primary N) is 1. The lowest BCUT2D eigenvalue weighted by atomic mass is 10.1. The molecular weight excluding hydrogens is 191 g/mol. The Morgan fingerprint density at radius 3 is 2.80 bits per heavy atom. The fourth-order valence-corrected chi connectivity index (χ4v) is 1.43. The van der Waals surface area contributed by atoms with Gasteiger partial charge in [-0.15, -0.1) is 0 Å². The van der Waals surface area contributed by atoms with Gasteiger partial charge >= 0.3 is 0 Å². The Balaban J connectivity index is 2.85. The molecule has 0 saturated carbocycles. The van der Waals surface area contributed by atoms with Gasteiger partial charge in [-0.1, -0.05) is 6.92 Å². The van der Waals surface area contributed by atoms with Crippen molar-refractivity contribution in [3.8, 4) is 0 Å². The maximum atomic E-state index is 13.0. The van der Waals surface area contributed by atoms with Crippen molar-refractivity contribution >= 4 is 5.69 Å². The van der Waals surface area contributed by atoms with Crippen LogP contribution in [0.25, 0.3) is 0 Å². The predicted molar refractivity (Wildman–Crippen MR) is 62.5 cm³/mol. The molecule has 0 aliphatic heterocycles. The maximum absolute atomic E-state index is 13.0. The SMILES string of the molecule is CCC(C)Nc1ccc(F)cc1CCN. The van der Waals surface area contributed by atoms with Gasteiger partial charge in [0.15, 0.2) is 0 Å². The second-order valence-corrected chi connectivity index (χ2v) is 3.79. The molecule has 0 aliphatic rings. The lowest BCUT2D eigenvalue weighted by Gasteiger charge is -2.16. The number of anilines is 1. The predicted octanol–water partition coefficient (Wildman–Crippen LogP) is 2.54. The second kappa shape index (κ2) is 5.71. The molecule has 0 heterocycles. The largest absolute Gasteiger partial charge is 0.382 e. The first-order valence-electron chi connectivity index (χ1n) is 5.42. The molecule has 1 rings (SSSR count). The molecule has 0 spiro atoms. The quantitative estimate of drug-likeness (QED) is 0.783. The average molecular weight is 210 g/mol. The molecule has 3 N–H and O–H groups in total. The van der Waals surface area contributed by atoms with E-state index in [0.717, 1.165) is 17.7 Å². The van der Waals surface area contributed by atoms with Crippen LogP contribution in [0.5, 0.6) is 0 Å². The van der Waals surface area contributed by atoms with Gasteiger partial charge in [0.1, 0.15) is 5.82 Å². The molecule has 2 nitrogen and oxygen atoms in total. The molecule has 0 fully saturated rings. The van der Waals surface area contributed by atoms with Gasteiger partial charge in [0.25, 0.3) is 0 Å². The Morgan fingerprint density at radius 2 is 2.20 bits per heavy atom. The van der Waals surface area contributed by atoms with E-state index in [1.54, 1.807) is 12.1 Å². The third-order valence-electron chi connectivity index (χ3n) is 2.50. The van der Waals surface area contributed by atoms with Crippen molar-refractivity contribution in [1.82, 2.24) is 0 Å². The summed E-state index contributed by atoms with van der Waals surface area (Å²) in [4.78, 5) is 0. The first kappa shape index (κ1) is 12.0. The van der Waals surface area contributed by atoms with Gasteiger partial charge in [-0.05, 0) is 50.1 Å². The maximum Gasteiger partial charge on any atom is 0.123 e. The standard InChI is InChI=1S/C12H19FN2/c1-3-9(2)15-12-5-4-11(13)8-10(12)6-7-14/h4-5,8-9,15H,3,6-7,14H2,1-2H3. The molecule has 84 valence electrons. The second-order valence-electron chi connectivity index (χ2n) is 3.79. The molecule has 15 heavy (non-hydrogen) atoms. The number of benzene rings is 1. The van der Waals surface area contributed by atoms with E-state index >= 15 is 0 Å². The minimum Gasteiger partial charge on any atom is -0.382 e. The number of hydrogen-bond donors (Lipinski definition) is 2. The molecule has 0 bridgehead atoms. The molecule has 0 amide bonds. The highest BCUT2D eigenvalue weighted by molar-refractivity contribution is 5.52. The average Bonchev–Trinajstić information content (AvgIpc) is 2.22. The monoisotopic (exact) mass is 210 g/mol. The van der Waals surface area contributed by atoms with E-state index in [9.17, 15) is 4.39 Å². The molecule has 0 saturated heterocycles. The van der Waals surface area contributed by atoms with Crippen molar-refractivity contribution in [2.45, 2.75) is 32.7 Å². The van der Waals surface area contributed by atoms with Crippen LogP contribution in [0.15, 0.2) is 18.2 Å². The van der Waals surface area contributed by atoms with Gasteiger partial charge < -0.3 is 11.1 Å². The van der Waals surface area contributed by atoms with E-state index in [4.69, 9.17) is 5.73 Å². The highest BCUT2D eigenvalue weighted by Crippen LogP contribution is 2.18. The summed E-state index contributed by atoms with van der Waals surface area (Å²) in [6, 6.07) is 5.21. The molecule has 1 aromatic rings. The topological polar surface area (TPSA) is 38.0 Å². The summed E-state index contributed by atoms with van der Waals surface area (Å²) in [6.07, 6.45) is 1.75. The zero-order valence-electron chi connectivity index (χ0n) is 9.39. The smallest absolute Gasteiger partial charge is 0.123 e.